The quantitative estimate of drug-likeness (QED) is 0.453. The van der Waals surface area contributed by atoms with Gasteiger partial charge in [-0.25, -0.2) is 0 Å². The Labute approximate surface area is 187 Å². The standard InChI is InChI=1S/C28H38O3/c1-16-19-10-12-27(5)23(26(19,4)14-22(30)24(16)31)8-7-20-18-13-25(2,3)11-9-17(18)21(29)15-28(20,27)6/h7,14,17-18,23,30H,8-13,15H2,1-6H3/t17-,18+,23+,26-,27+,28+/m0/s1. The molecule has 0 saturated heterocycles. The van der Waals surface area contributed by atoms with Crippen molar-refractivity contribution in [3.8, 4) is 0 Å². The molecular formula is C28H38O3. The van der Waals surface area contributed by atoms with Gasteiger partial charge in [-0.2, -0.15) is 0 Å². The Morgan fingerprint density at radius 1 is 1.03 bits per heavy atom. The number of aliphatic hydroxyl groups is 1. The fourth-order valence-corrected chi connectivity index (χ4v) is 8.77. The molecule has 0 aromatic heterocycles. The highest BCUT2D eigenvalue weighted by molar-refractivity contribution is 6.08. The molecule has 1 N–H and O–H groups in total. The highest BCUT2D eigenvalue weighted by Gasteiger charge is 2.65. The first-order chi connectivity index (χ1) is 14.3. The normalized spacial score (nSPS) is 46.3. The molecular weight excluding hydrogens is 384 g/mol. The zero-order valence-electron chi connectivity index (χ0n) is 20.1. The third-order valence-corrected chi connectivity index (χ3v) is 10.7. The zero-order chi connectivity index (χ0) is 22.6. The molecule has 31 heavy (non-hydrogen) atoms. The van der Waals surface area contributed by atoms with Crippen molar-refractivity contribution in [3.63, 3.8) is 0 Å². The van der Waals surface area contributed by atoms with E-state index < -0.39 is 0 Å². The Morgan fingerprint density at radius 2 is 1.74 bits per heavy atom. The van der Waals surface area contributed by atoms with Crippen molar-refractivity contribution in [2.75, 3.05) is 0 Å². The van der Waals surface area contributed by atoms with E-state index in [9.17, 15) is 14.7 Å². The summed E-state index contributed by atoms with van der Waals surface area (Å²) in [5.41, 5.74) is 3.28. The summed E-state index contributed by atoms with van der Waals surface area (Å²) in [5.74, 6) is 1.04. The van der Waals surface area contributed by atoms with Crippen molar-refractivity contribution in [3.05, 3.63) is 34.6 Å². The lowest BCUT2D eigenvalue weighted by Gasteiger charge is -2.66. The summed E-state index contributed by atoms with van der Waals surface area (Å²) in [6.07, 6.45) is 11.1. The summed E-state index contributed by atoms with van der Waals surface area (Å²) in [7, 11) is 0. The van der Waals surface area contributed by atoms with Crippen LogP contribution in [0.15, 0.2) is 34.6 Å². The third kappa shape index (κ3) is 2.58. The van der Waals surface area contributed by atoms with Gasteiger partial charge < -0.3 is 5.11 Å². The molecule has 0 aliphatic heterocycles. The molecule has 0 amide bonds. The lowest BCUT2D eigenvalue weighted by Crippen LogP contribution is -2.60. The van der Waals surface area contributed by atoms with Gasteiger partial charge in [-0.3, -0.25) is 9.59 Å². The fraction of sp³-hybridized carbons (Fsp3) is 0.714. The van der Waals surface area contributed by atoms with Crippen LogP contribution >= 0.6 is 0 Å². The first-order valence-corrected chi connectivity index (χ1v) is 12.2. The lowest BCUT2D eigenvalue weighted by molar-refractivity contribution is -0.141. The molecule has 5 aliphatic carbocycles. The molecule has 0 aromatic carbocycles. The second-order valence-corrected chi connectivity index (χ2v) is 12.7. The molecule has 0 unspecified atom stereocenters. The van der Waals surface area contributed by atoms with E-state index in [1.54, 1.807) is 5.57 Å². The van der Waals surface area contributed by atoms with Crippen LogP contribution in [0, 0.1) is 39.4 Å². The van der Waals surface area contributed by atoms with Gasteiger partial charge in [0.25, 0.3) is 0 Å². The van der Waals surface area contributed by atoms with E-state index in [1.165, 1.54) is 5.57 Å². The molecule has 3 saturated carbocycles. The van der Waals surface area contributed by atoms with Crippen molar-refractivity contribution in [2.24, 2.45) is 39.4 Å². The summed E-state index contributed by atoms with van der Waals surface area (Å²) in [6, 6.07) is 0. The average molecular weight is 423 g/mol. The second-order valence-electron chi connectivity index (χ2n) is 12.7. The van der Waals surface area contributed by atoms with Gasteiger partial charge >= 0.3 is 0 Å². The Kier molecular flexibility index (Phi) is 4.27. The topological polar surface area (TPSA) is 54.4 Å². The Bertz CT molecular complexity index is 978. The van der Waals surface area contributed by atoms with Gasteiger partial charge in [0.1, 0.15) is 5.78 Å². The molecule has 0 bridgehead atoms. The number of fused-ring (bicyclic) bond motifs is 7. The monoisotopic (exact) mass is 422 g/mol. The number of Topliss-reactive ketones (excluding diaryl/α,β-unsaturated/α-hetero) is 2. The van der Waals surface area contributed by atoms with Crippen LogP contribution in [0.25, 0.3) is 0 Å². The number of carbonyl (C=O) groups excluding carboxylic acids is 2. The van der Waals surface area contributed by atoms with Gasteiger partial charge in [0.15, 0.2) is 5.76 Å². The van der Waals surface area contributed by atoms with Crippen LogP contribution in [0.1, 0.15) is 86.5 Å². The van der Waals surface area contributed by atoms with Crippen LogP contribution in [0.3, 0.4) is 0 Å². The highest BCUT2D eigenvalue weighted by Crippen LogP contribution is 2.71. The maximum absolute atomic E-state index is 13.5. The Hall–Kier alpha value is -1.64. The summed E-state index contributed by atoms with van der Waals surface area (Å²) < 4.78 is 0. The predicted molar refractivity (Wildman–Crippen MR) is 122 cm³/mol. The number of hydrogen-bond acceptors (Lipinski definition) is 3. The maximum atomic E-state index is 13.5. The smallest absolute Gasteiger partial charge is 0.222 e. The van der Waals surface area contributed by atoms with Crippen molar-refractivity contribution >= 4 is 11.6 Å². The van der Waals surface area contributed by atoms with Gasteiger partial charge in [0.05, 0.1) is 0 Å². The maximum Gasteiger partial charge on any atom is 0.222 e. The average Bonchev–Trinajstić information content (AvgIpc) is 2.66. The van der Waals surface area contributed by atoms with E-state index in [1.807, 2.05) is 13.0 Å². The summed E-state index contributed by atoms with van der Waals surface area (Å²) >= 11 is 0. The second kappa shape index (κ2) is 6.23. The number of carbonyl (C=O) groups is 2. The molecule has 168 valence electrons. The molecule has 0 spiro atoms. The molecule has 3 heteroatoms. The van der Waals surface area contributed by atoms with Crippen LogP contribution in [-0.4, -0.2) is 16.7 Å². The largest absolute Gasteiger partial charge is 0.504 e. The van der Waals surface area contributed by atoms with Gasteiger partial charge in [-0.15, -0.1) is 0 Å². The number of allylic oxidation sites excluding steroid dienone is 5. The molecule has 0 heterocycles. The zero-order valence-corrected chi connectivity index (χ0v) is 20.1. The highest BCUT2D eigenvalue weighted by atomic mass is 16.3. The number of aliphatic hydroxyl groups excluding tert-OH is 1. The van der Waals surface area contributed by atoms with Gasteiger partial charge in [-0.05, 0) is 74.2 Å². The minimum absolute atomic E-state index is 0.0327. The van der Waals surface area contributed by atoms with Crippen molar-refractivity contribution in [1.82, 2.24) is 0 Å². The van der Waals surface area contributed by atoms with Crippen LogP contribution in [0.2, 0.25) is 0 Å². The summed E-state index contributed by atoms with van der Waals surface area (Å²) in [6.45, 7) is 13.6. The SMILES string of the molecule is CC1=C2CC[C@]3(C)[C@H](CC=C4[C@@H]5CC(C)(C)CC[C@@H]5C(=O)C[C@]43C)[C@@]2(C)C=C(O)C1=O. The van der Waals surface area contributed by atoms with Gasteiger partial charge in [0, 0.05) is 28.7 Å². The van der Waals surface area contributed by atoms with E-state index >= 15 is 0 Å². The minimum atomic E-state index is -0.328. The fourth-order valence-electron chi connectivity index (χ4n) is 8.77. The van der Waals surface area contributed by atoms with Crippen LogP contribution < -0.4 is 0 Å². The molecule has 5 rings (SSSR count). The number of ketones is 2. The molecule has 3 fully saturated rings. The van der Waals surface area contributed by atoms with E-state index in [4.69, 9.17) is 0 Å². The molecule has 0 aromatic rings. The van der Waals surface area contributed by atoms with Crippen molar-refractivity contribution in [1.29, 1.82) is 0 Å². The van der Waals surface area contributed by atoms with Crippen LogP contribution in [0.4, 0.5) is 0 Å². The summed E-state index contributed by atoms with van der Waals surface area (Å²) in [5, 5.41) is 10.5. The Morgan fingerprint density at radius 3 is 2.45 bits per heavy atom. The number of rotatable bonds is 0. The van der Waals surface area contributed by atoms with E-state index in [2.05, 4.69) is 40.7 Å². The number of hydrogen-bond donors (Lipinski definition) is 1. The Balaban J connectivity index is 1.64. The van der Waals surface area contributed by atoms with Gasteiger partial charge in [-0.1, -0.05) is 51.8 Å². The molecule has 5 aliphatic rings. The molecule has 0 radical (unpaired) electrons. The summed E-state index contributed by atoms with van der Waals surface area (Å²) in [4.78, 5) is 26.0. The van der Waals surface area contributed by atoms with Crippen molar-refractivity contribution < 1.29 is 14.7 Å². The first kappa shape index (κ1) is 21.2. The predicted octanol–water partition coefficient (Wildman–Crippen LogP) is 6.50. The van der Waals surface area contributed by atoms with E-state index in [-0.39, 0.29) is 39.6 Å². The molecule has 3 nitrogen and oxygen atoms in total. The van der Waals surface area contributed by atoms with Crippen LogP contribution in [-0.2, 0) is 9.59 Å². The molecule has 6 atom stereocenters. The van der Waals surface area contributed by atoms with E-state index in [0.29, 0.717) is 23.5 Å². The minimum Gasteiger partial charge on any atom is -0.504 e. The van der Waals surface area contributed by atoms with Gasteiger partial charge in [0.2, 0.25) is 5.78 Å². The lowest BCUT2D eigenvalue weighted by atomic mass is 9.37. The van der Waals surface area contributed by atoms with E-state index in [0.717, 1.165) is 44.1 Å². The van der Waals surface area contributed by atoms with Crippen LogP contribution in [0.5, 0.6) is 0 Å². The first-order valence-electron chi connectivity index (χ1n) is 12.2. The van der Waals surface area contributed by atoms with Crippen molar-refractivity contribution in [2.45, 2.75) is 86.5 Å². The third-order valence-electron chi connectivity index (χ3n) is 10.7.